The number of amides is 1. The van der Waals surface area contributed by atoms with Crippen molar-refractivity contribution in [3.05, 3.63) is 24.0 Å². The Labute approximate surface area is 131 Å². The normalized spacial score (nSPS) is 31.3. The van der Waals surface area contributed by atoms with Crippen molar-refractivity contribution < 1.29 is 4.79 Å². The third-order valence-electron chi connectivity index (χ3n) is 5.12. The maximum absolute atomic E-state index is 12.0. The highest BCUT2D eigenvalue weighted by Crippen LogP contribution is 2.42. The Bertz CT molecular complexity index is 547. The minimum absolute atomic E-state index is 0.0936. The molecule has 4 unspecified atom stereocenters. The lowest BCUT2D eigenvalue weighted by molar-refractivity contribution is -0.133. The van der Waals surface area contributed by atoms with E-state index in [4.69, 9.17) is 5.73 Å². The molecule has 4 atom stereocenters. The summed E-state index contributed by atoms with van der Waals surface area (Å²) in [4.78, 5) is 18.5. The van der Waals surface area contributed by atoms with Crippen LogP contribution in [0.3, 0.4) is 0 Å². The van der Waals surface area contributed by atoms with E-state index in [0.29, 0.717) is 18.4 Å². The Balaban J connectivity index is 1.80. The molecule has 1 aromatic rings. The van der Waals surface area contributed by atoms with Crippen LogP contribution in [-0.2, 0) is 4.79 Å². The molecule has 2 fully saturated rings. The first-order valence-electron chi connectivity index (χ1n) is 7.98. The quantitative estimate of drug-likeness (QED) is 0.762. The first-order valence-corrected chi connectivity index (χ1v) is 7.98. The second-order valence-electron chi connectivity index (χ2n) is 6.63. The minimum atomic E-state index is 0.0936. The third kappa shape index (κ3) is 2.80. The summed E-state index contributed by atoms with van der Waals surface area (Å²) in [5.41, 5.74) is 14.1. The number of anilines is 1. The number of pyridine rings is 1. The third-order valence-corrected chi connectivity index (χ3v) is 5.12. The molecule has 0 radical (unpaired) electrons. The van der Waals surface area contributed by atoms with Gasteiger partial charge in [-0.2, -0.15) is 0 Å². The van der Waals surface area contributed by atoms with Gasteiger partial charge in [-0.15, -0.1) is 0 Å². The van der Waals surface area contributed by atoms with Crippen molar-refractivity contribution in [3.63, 3.8) is 0 Å². The number of nitrogens with one attached hydrogen (secondary N) is 2. The Hall–Kier alpha value is -1.66. The summed E-state index contributed by atoms with van der Waals surface area (Å²) in [7, 11) is 4.05. The van der Waals surface area contributed by atoms with Crippen molar-refractivity contribution in [1.82, 2.24) is 15.8 Å². The van der Waals surface area contributed by atoms with Gasteiger partial charge in [-0.25, -0.2) is 5.43 Å². The Kier molecular flexibility index (Phi) is 4.31. The summed E-state index contributed by atoms with van der Waals surface area (Å²) in [6.07, 6.45) is 6.79. The zero-order valence-electron chi connectivity index (χ0n) is 13.2. The van der Waals surface area contributed by atoms with E-state index in [2.05, 4.69) is 26.8 Å². The van der Waals surface area contributed by atoms with E-state index in [9.17, 15) is 4.79 Å². The van der Waals surface area contributed by atoms with Gasteiger partial charge in [0.1, 0.15) is 0 Å². The molecular formula is C16H25N5O. The smallest absolute Gasteiger partial charge is 0.237 e. The number of hydrazine groups is 1. The predicted octanol–water partition coefficient (Wildman–Crippen LogP) is 0.609. The lowest BCUT2D eigenvalue weighted by Crippen LogP contribution is -2.62. The molecule has 2 heterocycles. The molecule has 1 saturated carbocycles. The van der Waals surface area contributed by atoms with E-state index in [1.54, 1.807) is 0 Å². The van der Waals surface area contributed by atoms with Crippen LogP contribution in [0, 0.1) is 11.8 Å². The van der Waals surface area contributed by atoms with Crippen LogP contribution in [0.5, 0.6) is 0 Å². The van der Waals surface area contributed by atoms with E-state index in [1.807, 2.05) is 26.5 Å². The number of nitrogens with two attached hydrogens (primary N) is 1. The van der Waals surface area contributed by atoms with Gasteiger partial charge in [0.2, 0.25) is 5.91 Å². The molecule has 0 spiro atoms. The largest absolute Gasteiger partial charge is 0.376 e. The highest BCUT2D eigenvalue weighted by atomic mass is 16.2. The van der Waals surface area contributed by atoms with Crippen molar-refractivity contribution in [3.8, 4) is 0 Å². The van der Waals surface area contributed by atoms with Gasteiger partial charge in [0.05, 0.1) is 11.9 Å². The van der Waals surface area contributed by atoms with E-state index in [0.717, 1.165) is 24.9 Å². The van der Waals surface area contributed by atoms with Crippen LogP contribution in [0.2, 0.25) is 0 Å². The van der Waals surface area contributed by atoms with Crippen LogP contribution < -0.4 is 21.5 Å². The topological polar surface area (TPSA) is 83.3 Å². The number of carbonyl (C=O) groups excluding carboxylic acids is 1. The van der Waals surface area contributed by atoms with Crippen molar-refractivity contribution in [1.29, 1.82) is 0 Å². The van der Waals surface area contributed by atoms with Crippen LogP contribution in [0.25, 0.3) is 0 Å². The molecule has 3 rings (SSSR count). The second-order valence-corrected chi connectivity index (χ2v) is 6.63. The lowest BCUT2D eigenvalue weighted by Gasteiger charge is -2.43. The fourth-order valence-electron chi connectivity index (χ4n) is 3.79. The molecule has 22 heavy (non-hydrogen) atoms. The Morgan fingerprint density at radius 1 is 1.36 bits per heavy atom. The molecule has 2 aliphatic rings. The molecule has 0 aromatic carbocycles. The average molecular weight is 303 g/mol. The highest BCUT2D eigenvalue weighted by molar-refractivity contribution is 5.79. The molecule has 6 nitrogen and oxygen atoms in total. The molecule has 1 amide bonds. The summed E-state index contributed by atoms with van der Waals surface area (Å²) in [5, 5.41) is 0. The number of hydrogen-bond donors (Lipinski definition) is 3. The molecule has 6 heteroatoms. The number of fused-ring (bicyclic) bond motifs is 1. The maximum atomic E-state index is 12.0. The highest BCUT2D eigenvalue weighted by Gasteiger charge is 2.42. The van der Waals surface area contributed by atoms with Crippen LogP contribution in [0.1, 0.15) is 30.7 Å². The first-order chi connectivity index (χ1) is 10.6. The van der Waals surface area contributed by atoms with Crippen molar-refractivity contribution in [2.75, 3.05) is 25.5 Å². The SMILES string of the molecule is CN(C)c1cncc(C2CCC3C(=O)NNC(CN)C3C2)c1. The maximum Gasteiger partial charge on any atom is 0.237 e. The Morgan fingerprint density at radius 2 is 2.18 bits per heavy atom. The van der Waals surface area contributed by atoms with Crippen LogP contribution in [0.15, 0.2) is 18.5 Å². The van der Waals surface area contributed by atoms with E-state index < -0.39 is 0 Å². The zero-order valence-corrected chi connectivity index (χ0v) is 13.2. The summed E-state index contributed by atoms with van der Waals surface area (Å²) in [5.74, 6) is 0.972. The summed E-state index contributed by atoms with van der Waals surface area (Å²) >= 11 is 0. The average Bonchev–Trinajstić information content (AvgIpc) is 2.55. The van der Waals surface area contributed by atoms with E-state index >= 15 is 0 Å². The monoisotopic (exact) mass is 303 g/mol. The molecule has 1 saturated heterocycles. The number of aromatic nitrogens is 1. The molecular weight excluding hydrogens is 278 g/mol. The number of hydrogen-bond acceptors (Lipinski definition) is 5. The van der Waals surface area contributed by atoms with E-state index in [1.165, 1.54) is 5.56 Å². The second kappa shape index (κ2) is 6.22. The van der Waals surface area contributed by atoms with Crippen LogP contribution in [0.4, 0.5) is 5.69 Å². The Morgan fingerprint density at radius 3 is 2.91 bits per heavy atom. The molecule has 120 valence electrons. The van der Waals surface area contributed by atoms with Gasteiger partial charge in [-0.1, -0.05) is 0 Å². The molecule has 0 bridgehead atoms. The number of carbonyl (C=O) groups is 1. The van der Waals surface area contributed by atoms with Gasteiger partial charge >= 0.3 is 0 Å². The van der Waals surface area contributed by atoms with Gasteiger partial charge < -0.3 is 10.6 Å². The van der Waals surface area contributed by atoms with Crippen LogP contribution >= 0.6 is 0 Å². The fourth-order valence-corrected chi connectivity index (χ4v) is 3.79. The summed E-state index contributed by atoms with van der Waals surface area (Å²) in [6.45, 7) is 0.546. The standard InChI is InChI=1S/C16H25N5O/c1-21(2)12-5-11(8-18-9-12)10-3-4-13-14(6-10)15(7-17)19-20-16(13)22/h5,8-10,13-15,19H,3-4,6-7,17H2,1-2H3,(H,20,22). The van der Waals surface area contributed by atoms with Gasteiger partial charge in [-0.3, -0.25) is 15.2 Å². The van der Waals surface area contributed by atoms with Gasteiger partial charge in [-0.05, 0) is 42.7 Å². The lowest BCUT2D eigenvalue weighted by atomic mass is 9.68. The number of rotatable bonds is 3. The predicted molar refractivity (Wildman–Crippen MR) is 86.3 cm³/mol. The summed E-state index contributed by atoms with van der Waals surface area (Å²) < 4.78 is 0. The van der Waals surface area contributed by atoms with Gasteiger partial charge in [0.25, 0.3) is 0 Å². The van der Waals surface area contributed by atoms with Crippen molar-refractivity contribution in [2.24, 2.45) is 17.6 Å². The molecule has 4 N–H and O–H groups in total. The molecule has 1 aliphatic carbocycles. The van der Waals surface area contributed by atoms with Crippen LogP contribution in [-0.4, -0.2) is 37.6 Å². The fraction of sp³-hybridized carbons (Fsp3) is 0.625. The number of nitrogens with zero attached hydrogens (tertiary/aromatic N) is 2. The zero-order chi connectivity index (χ0) is 15.7. The first kappa shape index (κ1) is 15.2. The van der Waals surface area contributed by atoms with E-state index in [-0.39, 0.29) is 17.9 Å². The molecule has 1 aliphatic heterocycles. The minimum Gasteiger partial charge on any atom is -0.376 e. The van der Waals surface area contributed by atoms with Crippen molar-refractivity contribution in [2.45, 2.75) is 31.2 Å². The molecule has 1 aromatic heterocycles. The summed E-state index contributed by atoms with van der Waals surface area (Å²) in [6, 6.07) is 2.38. The van der Waals surface area contributed by atoms with Gasteiger partial charge in [0, 0.05) is 38.8 Å². The van der Waals surface area contributed by atoms with Gasteiger partial charge in [0.15, 0.2) is 0 Å². The van der Waals surface area contributed by atoms with Crippen molar-refractivity contribution >= 4 is 11.6 Å².